The van der Waals surface area contributed by atoms with Gasteiger partial charge in [0.05, 0.1) is 0 Å². The molecule has 0 amide bonds. The highest BCUT2D eigenvalue weighted by molar-refractivity contribution is 7.15. The zero-order chi connectivity index (χ0) is 16.9. The summed E-state index contributed by atoms with van der Waals surface area (Å²) in [7, 11) is 0. The number of allylic oxidation sites excluding steroid dienone is 4. The van der Waals surface area contributed by atoms with Crippen LogP contribution in [0.1, 0.15) is 30.3 Å². The Morgan fingerprint density at radius 2 is 1.96 bits per heavy atom. The van der Waals surface area contributed by atoms with Crippen LogP contribution in [0.3, 0.4) is 0 Å². The summed E-state index contributed by atoms with van der Waals surface area (Å²) in [6.07, 6.45) is 9.79. The van der Waals surface area contributed by atoms with Gasteiger partial charge in [0.1, 0.15) is 10.8 Å². The fourth-order valence-corrected chi connectivity index (χ4v) is 3.31. The van der Waals surface area contributed by atoms with Crippen LogP contribution in [0.2, 0.25) is 0 Å². The van der Waals surface area contributed by atoms with Gasteiger partial charge in [-0.3, -0.25) is 0 Å². The van der Waals surface area contributed by atoms with E-state index >= 15 is 0 Å². The van der Waals surface area contributed by atoms with Gasteiger partial charge in [0.15, 0.2) is 0 Å². The second-order valence-electron chi connectivity index (χ2n) is 5.39. The van der Waals surface area contributed by atoms with Gasteiger partial charge >= 0.3 is 0 Å². The van der Waals surface area contributed by atoms with Crippen molar-refractivity contribution in [2.45, 2.75) is 19.8 Å². The second-order valence-corrected chi connectivity index (χ2v) is 6.38. The first-order valence-corrected chi connectivity index (χ1v) is 8.83. The predicted molar refractivity (Wildman–Crippen MR) is 99.9 cm³/mol. The van der Waals surface area contributed by atoms with E-state index < -0.39 is 0 Å². The highest BCUT2D eigenvalue weighted by atomic mass is 32.1. The monoisotopic (exact) mass is 340 g/mol. The lowest BCUT2D eigenvalue weighted by molar-refractivity contribution is 0.474. The normalized spacial score (nSPS) is 14.1. The van der Waals surface area contributed by atoms with Gasteiger partial charge in [-0.15, -0.1) is 10.2 Å². The van der Waals surface area contributed by atoms with Gasteiger partial charge < -0.3 is 10.0 Å². The van der Waals surface area contributed by atoms with Crippen molar-refractivity contribution < 1.29 is 5.11 Å². The van der Waals surface area contributed by atoms with Gasteiger partial charge in [-0.25, -0.2) is 4.99 Å². The van der Waals surface area contributed by atoms with Crippen LogP contribution in [-0.2, 0) is 0 Å². The van der Waals surface area contributed by atoms with Crippen LogP contribution in [0.25, 0.3) is 0 Å². The van der Waals surface area contributed by atoms with E-state index in [2.05, 4.69) is 46.1 Å². The number of aliphatic imine (C=N–C) groups is 1. The summed E-state index contributed by atoms with van der Waals surface area (Å²) in [5.74, 6) is 0.419. The molecule has 0 aliphatic heterocycles. The number of phenols is 1. The molecule has 0 saturated heterocycles. The molecule has 0 spiro atoms. The minimum absolute atomic E-state index is 0.202. The number of rotatable bonds is 6. The van der Waals surface area contributed by atoms with E-state index in [-0.39, 0.29) is 11.7 Å². The fourth-order valence-electron chi connectivity index (χ4n) is 2.56. The van der Waals surface area contributed by atoms with E-state index in [1.165, 1.54) is 11.3 Å². The molecule has 24 heavy (non-hydrogen) atoms. The number of hydrogen-bond donors (Lipinski definition) is 1. The molecular weight excluding hydrogens is 320 g/mol. The van der Waals surface area contributed by atoms with E-state index in [0.29, 0.717) is 10.7 Å². The molecule has 1 N–H and O–H groups in total. The maximum Gasteiger partial charge on any atom is 0.231 e. The molecule has 6 heteroatoms. The zero-order valence-electron chi connectivity index (χ0n) is 13.8. The van der Waals surface area contributed by atoms with Crippen molar-refractivity contribution >= 4 is 28.4 Å². The van der Waals surface area contributed by atoms with Crippen molar-refractivity contribution in [1.29, 1.82) is 0 Å². The molecule has 3 rings (SSSR count). The Bertz CT molecular complexity index is 778. The minimum Gasteiger partial charge on any atom is -0.507 e. The number of phenolic OH excluding ortho intramolecular Hbond substituents is 1. The molecule has 1 aliphatic rings. The number of benzene rings is 1. The molecule has 0 atom stereocenters. The van der Waals surface area contributed by atoms with E-state index in [4.69, 9.17) is 0 Å². The van der Waals surface area contributed by atoms with Crippen LogP contribution in [0.5, 0.6) is 5.75 Å². The summed E-state index contributed by atoms with van der Waals surface area (Å²) < 4.78 is 0. The Morgan fingerprint density at radius 1 is 1.21 bits per heavy atom. The van der Waals surface area contributed by atoms with Crippen LogP contribution in [0.15, 0.2) is 47.5 Å². The third-order valence-corrected chi connectivity index (χ3v) is 4.85. The van der Waals surface area contributed by atoms with Gasteiger partial charge in [-0.05, 0) is 26.0 Å². The molecule has 1 aliphatic carbocycles. The van der Waals surface area contributed by atoms with E-state index in [0.717, 1.165) is 23.8 Å². The van der Waals surface area contributed by atoms with Gasteiger partial charge in [-0.1, -0.05) is 35.6 Å². The summed E-state index contributed by atoms with van der Waals surface area (Å²) in [5, 5.41) is 20.0. The zero-order valence-corrected chi connectivity index (χ0v) is 14.6. The molecule has 1 aromatic carbocycles. The number of nitrogens with zero attached hydrogens (tertiary/aromatic N) is 4. The number of aromatic nitrogens is 2. The lowest BCUT2D eigenvalue weighted by atomic mass is 10.2. The summed E-state index contributed by atoms with van der Waals surface area (Å²) in [6, 6.07) is 5.64. The highest BCUT2D eigenvalue weighted by Crippen LogP contribution is 2.30. The summed E-state index contributed by atoms with van der Waals surface area (Å²) in [5.41, 5.74) is 1.68. The average molecular weight is 340 g/mol. The van der Waals surface area contributed by atoms with Gasteiger partial charge in [0.25, 0.3) is 0 Å². The number of aromatic hydroxyl groups is 1. The maximum atomic E-state index is 10.2. The van der Waals surface area contributed by atoms with E-state index in [1.54, 1.807) is 12.3 Å². The van der Waals surface area contributed by atoms with Crippen molar-refractivity contribution in [3.05, 3.63) is 53.1 Å². The highest BCUT2D eigenvalue weighted by Gasteiger charge is 2.13. The quantitative estimate of drug-likeness (QED) is 0.806. The maximum absolute atomic E-state index is 10.2. The van der Waals surface area contributed by atoms with Crippen LogP contribution < -0.4 is 4.90 Å². The fraction of sp³-hybridized carbons (Fsp3) is 0.278. The van der Waals surface area contributed by atoms with E-state index in [1.807, 2.05) is 24.3 Å². The van der Waals surface area contributed by atoms with Crippen molar-refractivity contribution in [2.24, 2.45) is 4.99 Å². The van der Waals surface area contributed by atoms with Crippen LogP contribution in [-0.4, -0.2) is 34.6 Å². The molecule has 2 aromatic rings. The van der Waals surface area contributed by atoms with Crippen molar-refractivity contribution in [2.75, 3.05) is 18.0 Å². The molecule has 1 aromatic heterocycles. The van der Waals surface area contributed by atoms with Gasteiger partial charge in [0.2, 0.25) is 5.13 Å². The molecule has 0 radical (unpaired) electrons. The van der Waals surface area contributed by atoms with Crippen molar-refractivity contribution in [3.8, 4) is 5.75 Å². The first-order chi connectivity index (χ1) is 11.7. The Balaban J connectivity index is 1.74. The summed E-state index contributed by atoms with van der Waals surface area (Å²) >= 11 is 1.46. The Morgan fingerprint density at radius 3 is 2.62 bits per heavy atom. The molecule has 1 heterocycles. The first kappa shape index (κ1) is 16.4. The molecule has 0 bridgehead atoms. The summed E-state index contributed by atoms with van der Waals surface area (Å²) in [4.78, 5) is 6.52. The number of hydrogen-bond acceptors (Lipinski definition) is 6. The first-order valence-electron chi connectivity index (χ1n) is 8.01. The van der Waals surface area contributed by atoms with Gasteiger partial charge in [-0.2, -0.15) is 0 Å². The Hall–Kier alpha value is -2.47. The lowest BCUT2D eigenvalue weighted by Gasteiger charge is -2.21. The second kappa shape index (κ2) is 7.40. The smallest absolute Gasteiger partial charge is 0.231 e. The largest absolute Gasteiger partial charge is 0.507 e. The molecule has 0 fully saturated rings. The lowest BCUT2D eigenvalue weighted by Crippen LogP contribution is -2.21. The van der Waals surface area contributed by atoms with Crippen molar-refractivity contribution in [1.82, 2.24) is 10.2 Å². The third-order valence-electron chi connectivity index (χ3n) is 3.92. The Labute approximate surface area is 145 Å². The SMILES string of the molecule is CCN(CC)c1ccc(/C=N/c2nnc(C3C=CC=C3)s2)c(O)c1. The third kappa shape index (κ3) is 3.54. The van der Waals surface area contributed by atoms with Crippen molar-refractivity contribution in [3.63, 3.8) is 0 Å². The number of anilines is 1. The molecule has 0 unspecified atom stereocenters. The van der Waals surface area contributed by atoms with Crippen LogP contribution in [0, 0.1) is 0 Å². The molecule has 5 nitrogen and oxygen atoms in total. The van der Waals surface area contributed by atoms with Gasteiger partial charge in [0, 0.05) is 42.5 Å². The average Bonchev–Trinajstić information content (AvgIpc) is 3.26. The standard InChI is InChI=1S/C18H20N4OS/c1-3-22(4-2)15-10-9-14(16(23)11-15)12-19-18-21-20-17(24-18)13-7-5-6-8-13/h5-13,23H,3-4H2,1-2H3/b19-12+. The minimum atomic E-state index is 0.202. The molecule has 0 saturated carbocycles. The predicted octanol–water partition coefficient (Wildman–Crippen LogP) is 4.05. The summed E-state index contributed by atoms with van der Waals surface area (Å²) in [6.45, 7) is 6.00. The molecular formula is C18H20N4OS. The van der Waals surface area contributed by atoms with Crippen LogP contribution in [0.4, 0.5) is 10.8 Å². The van der Waals surface area contributed by atoms with E-state index in [9.17, 15) is 5.11 Å². The van der Waals surface area contributed by atoms with Crippen LogP contribution >= 0.6 is 11.3 Å². The Kier molecular flexibility index (Phi) is 5.05. The topological polar surface area (TPSA) is 61.6 Å². The molecule has 124 valence electrons.